The summed E-state index contributed by atoms with van der Waals surface area (Å²) in [5, 5.41) is 13.0. The largest absolute Gasteiger partial charge is 0.507 e. The average Bonchev–Trinajstić information content (AvgIpc) is 2.39. The summed E-state index contributed by atoms with van der Waals surface area (Å²) in [6.07, 6.45) is 4.63. The van der Waals surface area contributed by atoms with Gasteiger partial charge < -0.3 is 10.4 Å². The molecule has 0 bridgehead atoms. The van der Waals surface area contributed by atoms with Crippen molar-refractivity contribution in [1.29, 1.82) is 0 Å². The van der Waals surface area contributed by atoms with E-state index in [1.807, 2.05) is 0 Å². The normalized spacial score (nSPS) is 23.1. The SMILES string of the molecule is O=C(NCC1CCCC(Br)C1)c1cc(Cl)ccc1O. The molecule has 19 heavy (non-hydrogen) atoms. The predicted octanol–water partition coefficient (Wildman–Crippen LogP) is 3.73. The fourth-order valence-electron chi connectivity index (χ4n) is 2.43. The van der Waals surface area contributed by atoms with E-state index < -0.39 is 0 Å². The summed E-state index contributed by atoms with van der Waals surface area (Å²) in [7, 11) is 0. The van der Waals surface area contributed by atoms with E-state index in [0.29, 0.717) is 22.3 Å². The molecule has 0 aromatic heterocycles. The van der Waals surface area contributed by atoms with Crippen LogP contribution in [0.3, 0.4) is 0 Å². The summed E-state index contributed by atoms with van der Waals surface area (Å²) in [6.45, 7) is 0.646. The Hall–Kier alpha value is -0.740. The van der Waals surface area contributed by atoms with E-state index in [9.17, 15) is 9.90 Å². The Kier molecular flexibility index (Phi) is 5.11. The molecule has 2 unspecified atom stereocenters. The Morgan fingerprint density at radius 3 is 3.00 bits per heavy atom. The molecule has 1 saturated carbocycles. The molecule has 5 heteroatoms. The van der Waals surface area contributed by atoms with Gasteiger partial charge in [-0.15, -0.1) is 0 Å². The minimum absolute atomic E-state index is 0.0380. The van der Waals surface area contributed by atoms with Crippen molar-refractivity contribution in [3.63, 3.8) is 0 Å². The van der Waals surface area contributed by atoms with Crippen molar-refractivity contribution in [3.05, 3.63) is 28.8 Å². The fourth-order valence-corrected chi connectivity index (χ4v) is 3.46. The minimum Gasteiger partial charge on any atom is -0.507 e. The van der Waals surface area contributed by atoms with Gasteiger partial charge in [0.05, 0.1) is 5.56 Å². The third kappa shape index (κ3) is 4.11. The molecular weight excluding hydrogens is 330 g/mol. The van der Waals surface area contributed by atoms with E-state index in [4.69, 9.17) is 11.6 Å². The number of amides is 1. The van der Waals surface area contributed by atoms with E-state index in [1.165, 1.54) is 25.0 Å². The zero-order chi connectivity index (χ0) is 13.8. The van der Waals surface area contributed by atoms with Crippen LogP contribution in [-0.4, -0.2) is 22.4 Å². The third-order valence-corrected chi connectivity index (χ3v) is 4.54. The molecule has 0 heterocycles. The third-order valence-electron chi connectivity index (χ3n) is 3.47. The smallest absolute Gasteiger partial charge is 0.255 e. The van der Waals surface area contributed by atoms with Crippen LogP contribution in [0, 0.1) is 5.92 Å². The van der Waals surface area contributed by atoms with Gasteiger partial charge in [0.15, 0.2) is 0 Å². The summed E-state index contributed by atoms with van der Waals surface area (Å²) < 4.78 is 0. The number of halogens is 2. The summed E-state index contributed by atoms with van der Waals surface area (Å²) in [5.41, 5.74) is 0.235. The molecule has 2 N–H and O–H groups in total. The number of hydrogen-bond donors (Lipinski definition) is 2. The van der Waals surface area contributed by atoms with Crippen LogP contribution in [0.1, 0.15) is 36.0 Å². The van der Waals surface area contributed by atoms with E-state index >= 15 is 0 Å². The van der Waals surface area contributed by atoms with E-state index in [2.05, 4.69) is 21.2 Å². The zero-order valence-corrected chi connectivity index (χ0v) is 12.9. The molecule has 1 aromatic rings. The number of phenols is 1. The van der Waals surface area contributed by atoms with Gasteiger partial charge in [-0.2, -0.15) is 0 Å². The lowest BCUT2D eigenvalue weighted by atomic mass is 9.89. The molecule has 0 spiro atoms. The maximum atomic E-state index is 12.0. The minimum atomic E-state index is -0.267. The Labute approximate surface area is 126 Å². The molecule has 1 fully saturated rings. The van der Waals surface area contributed by atoms with E-state index in [0.717, 1.165) is 12.8 Å². The van der Waals surface area contributed by atoms with Crippen LogP contribution in [0.4, 0.5) is 0 Å². The quantitative estimate of drug-likeness (QED) is 0.819. The lowest BCUT2D eigenvalue weighted by Gasteiger charge is -2.25. The van der Waals surface area contributed by atoms with Gasteiger partial charge in [0.25, 0.3) is 5.91 Å². The Bertz CT molecular complexity index is 467. The number of phenolic OH excluding ortho intramolecular Hbond substituents is 1. The summed E-state index contributed by atoms with van der Waals surface area (Å²) >= 11 is 9.46. The van der Waals surface area contributed by atoms with Crippen LogP contribution >= 0.6 is 27.5 Å². The van der Waals surface area contributed by atoms with Gasteiger partial charge in [0.2, 0.25) is 0 Å². The van der Waals surface area contributed by atoms with Crippen molar-refractivity contribution in [1.82, 2.24) is 5.32 Å². The van der Waals surface area contributed by atoms with Crippen molar-refractivity contribution in [2.45, 2.75) is 30.5 Å². The van der Waals surface area contributed by atoms with E-state index in [1.54, 1.807) is 6.07 Å². The number of rotatable bonds is 3. The Morgan fingerprint density at radius 1 is 1.47 bits per heavy atom. The predicted molar refractivity (Wildman–Crippen MR) is 80.1 cm³/mol. The van der Waals surface area contributed by atoms with Gasteiger partial charge in [-0.05, 0) is 43.4 Å². The maximum Gasteiger partial charge on any atom is 0.255 e. The Balaban J connectivity index is 1.92. The number of hydrogen-bond acceptors (Lipinski definition) is 2. The van der Waals surface area contributed by atoms with Gasteiger partial charge in [0, 0.05) is 16.4 Å². The lowest BCUT2D eigenvalue weighted by molar-refractivity contribution is 0.0941. The molecule has 0 saturated heterocycles. The molecule has 1 aromatic carbocycles. The van der Waals surface area contributed by atoms with Gasteiger partial charge in [-0.1, -0.05) is 34.0 Å². The van der Waals surface area contributed by atoms with Crippen LogP contribution in [-0.2, 0) is 0 Å². The first-order valence-electron chi connectivity index (χ1n) is 6.47. The van der Waals surface area contributed by atoms with Crippen molar-refractivity contribution in [2.75, 3.05) is 6.54 Å². The van der Waals surface area contributed by atoms with Gasteiger partial charge in [0.1, 0.15) is 5.75 Å². The molecule has 2 atom stereocenters. The summed E-state index contributed by atoms with van der Waals surface area (Å²) in [5.74, 6) is 0.198. The number of carbonyl (C=O) groups is 1. The molecule has 0 radical (unpaired) electrons. The van der Waals surface area contributed by atoms with Gasteiger partial charge in [-0.3, -0.25) is 4.79 Å². The summed E-state index contributed by atoms with van der Waals surface area (Å²) in [6, 6.07) is 4.48. The Morgan fingerprint density at radius 2 is 2.26 bits per heavy atom. The van der Waals surface area contributed by atoms with Crippen LogP contribution in [0.2, 0.25) is 5.02 Å². The van der Waals surface area contributed by atoms with Gasteiger partial charge >= 0.3 is 0 Å². The van der Waals surface area contributed by atoms with Crippen molar-refractivity contribution < 1.29 is 9.90 Å². The van der Waals surface area contributed by atoms with Gasteiger partial charge in [-0.25, -0.2) is 0 Å². The first kappa shape index (κ1) is 14.7. The highest BCUT2D eigenvalue weighted by Gasteiger charge is 2.21. The number of benzene rings is 1. The molecule has 1 aliphatic carbocycles. The maximum absolute atomic E-state index is 12.0. The highest BCUT2D eigenvalue weighted by atomic mass is 79.9. The van der Waals surface area contributed by atoms with Crippen LogP contribution < -0.4 is 5.32 Å². The molecule has 104 valence electrons. The monoisotopic (exact) mass is 345 g/mol. The topological polar surface area (TPSA) is 49.3 Å². The zero-order valence-electron chi connectivity index (χ0n) is 10.5. The van der Waals surface area contributed by atoms with Crippen molar-refractivity contribution >= 4 is 33.4 Å². The number of nitrogens with one attached hydrogen (secondary N) is 1. The lowest BCUT2D eigenvalue weighted by Crippen LogP contribution is -2.32. The summed E-state index contributed by atoms with van der Waals surface area (Å²) in [4.78, 5) is 12.6. The van der Waals surface area contributed by atoms with Crippen LogP contribution in [0.15, 0.2) is 18.2 Å². The second kappa shape index (κ2) is 6.62. The molecular formula is C14H17BrClNO2. The first-order chi connectivity index (χ1) is 9.06. The molecule has 3 nitrogen and oxygen atoms in total. The fraction of sp³-hybridized carbons (Fsp3) is 0.500. The highest BCUT2D eigenvalue weighted by Crippen LogP contribution is 2.28. The standard InChI is InChI=1S/C14H17BrClNO2/c15-10-3-1-2-9(6-10)8-17-14(19)12-7-11(16)4-5-13(12)18/h4-5,7,9-10,18H,1-3,6,8H2,(H,17,19). The van der Waals surface area contributed by atoms with Crippen LogP contribution in [0.5, 0.6) is 5.75 Å². The highest BCUT2D eigenvalue weighted by molar-refractivity contribution is 9.09. The molecule has 0 aliphatic heterocycles. The second-order valence-corrected chi connectivity index (χ2v) is 6.73. The van der Waals surface area contributed by atoms with Crippen LogP contribution in [0.25, 0.3) is 0 Å². The van der Waals surface area contributed by atoms with E-state index in [-0.39, 0.29) is 17.2 Å². The number of carbonyl (C=O) groups excluding carboxylic acids is 1. The number of aromatic hydroxyl groups is 1. The average molecular weight is 347 g/mol. The molecule has 1 amide bonds. The first-order valence-corrected chi connectivity index (χ1v) is 7.76. The second-order valence-electron chi connectivity index (χ2n) is 5.00. The molecule has 2 rings (SSSR count). The molecule has 1 aliphatic rings. The van der Waals surface area contributed by atoms with Crippen molar-refractivity contribution in [3.8, 4) is 5.75 Å². The number of alkyl halides is 1. The van der Waals surface area contributed by atoms with Crippen molar-refractivity contribution in [2.24, 2.45) is 5.92 Å².